The Bertz CT molecular complexity index is 750. The van der Waals surface area contributed by atoms with E-state index < -0.39 is 12.2 Å². The van der Waals surface area contributed by atoms with E-state index in [1.54, 1.807) is 24.3 Å². The van der Waals surface area contributed by atoms with Crippen molar-refractivity contribution in [2.45, 2.75) is 19.1 Å². The molecule has 1 N–H and O–H groups in total. The third kappa shape index (κ3) is 3.17. The number of fused-ring (bicyclic) bond motifs is 1. The SMILES string of the molecule is CC(N1CCN(c2nc3ccccc3c(=O)[nH]2)CC1)C(F)(F)F. The minimum absolute atomic E-state index is 0.239. The van der Waals surface area contributed by atoms with E-state index in [0.717, 1.165) is 0 Å². The summed E-state index contributed by atoms with van der Waals surface area (Å²) in [5.41, 5.74) is 0.342. The lowest BCUT2D eigenvalue weighted by atomic mass is 10.2. The third-order valence-corrected chi connectivity index (χ3v) is 4.24. The van der Waals surface area contributed by atoms with Gasteiger partial charge in [0.1, 0.15) is 6.04 Å². The van der Waals surface area contributed by atoms with Gasteiger partial charge in [-0.15, -0.1) is 0 Å². The van der Waals surface area contributed by atoms with Crippen LogP contribution in [0.15, 0.2) is 29.1 Å². The number of hydrogen-bond donors (Lipinski definition) is 1. The van der Waals surface area contributed by atoms with E-state index in [9.17, 15) is 18.0 Å². The lowest BCUT2D eigenvalue weighted by Gasteiger charge is -2.38. The van der Waals surface area contributed by atoms with Crippen LogP contribution in [0.2, 0.25) is 0 Å². The molecule has 1 unspecified atom stereocenters. The van der Waals surface area contributed by atoms with Crippen molar-refractivity contribution in [1.82, 2.24) is 14.9 Å². The van der Waals surface area contributed by atoms with E-state index in [1.165, 1.54) is 11.8 Å². The summed E-state index contributed by atoms with van der Waals surface area (Å²) in [4.78, 5) is 22.4. The van der Waals surface area contributed by atoms with Crippen LogP contribution in [0.1, 0.15) is 6.92 Å². The Hall–Kier alpha value is -2.09. The highest BCUT2D eigenvalue weighted by atomic mass is 19.4. The number of aromatic nitrogens is 2. The largest absolute Gasteiger partial charge is 0.403 e. The molecule has 8 heteroatoms. The Balaban J connectivity index is 1.77. The Morgan fingerprint density at radius 2 is 1.83 bits per heavy atom. The summed E-state index contributed by atoms with van der Waals surface area (Å²) >= 11 is 0. The van der Waals surface area contributed by atoms with Crippen molar-refractivity contribution >= 4 is 16.9 Å². The van der Waals surface area contributed by atoms with Crippen molar-refractivity contribution < 1.29 is 13.2 Å². The van der Waals surface area contributed by atoms with Gasteiger partial charge < -0.3 is 4.90 Å². The fraction of sp³-hybridized carbons (Fsp3) is 0.467. The molecule has 1 aliphatic rings. The number of hydrogen-bond acceptors (Lipinski definition) is 4. The van der Waals surface area contributed by atoms with E-state index in [1.807, 2.05) is 4.90 Å². The Labute approximate surface area is 130 Å². The number of nitrogens with zero attached hydrogens (tertiary/aromatic N) is 3. The van der Waals surface area contributed by atoms with E-state index >= 15 is 0 Å². The molecule has 1 aromatic heterocycles. The molecule has 1 aliphatic heterocycles. The molecule has 0 saturated carbocycles. The molecular formula is C15H17F3N4O. The van der Waals surface area contributed by atoms with Gasteiger partial charge in [0.15, 0.2) is 0 Å². The highest BCUT2D eigenvalue weighted by Gasteiger charge is 2.40. The maximum Gasteiger partial charge on any atom is 0.403 e. The molecule has 0 aliphatic carbocycles. The monoisotopic (exact) mass is 326 g/mol. The maximum atomic E-state index is 12.8. The van der Waals surface area contributed by atoms with E-state index in [0.29, 0.717) is 29.9 Å². The average molecular weight is 326 g/mol. The molecule has 23 heavy (non-hydrogen) atoms. The average Bonchev–Trinajstić information content (AvgIpc) is 2.53. The summed E-state index contributed by atoms with van der Waals surface area (Å²) in [5.74, 6) is 0.410. The number of nitrogens with one attached hydrogen (secondary N) is 1. The van der Waals surface area contributed by atoms with E-state index in [2.05, 4.69) is 9.97 Å². The van der Waals surface area contributed by atoms with Crippen LogP contribution in [0.3, 0.4) is 0 Å². The van der Waals surface area contributed by atoms with Crippen molar-refractivity contribution in [3.05, 3.63) is 34.6 Å². The zero-order valence-electron chi connectivity index (χ0n) is 12.6. The first-order chi connectivity index (χ1) is 10.9. The minimum Gasteiger partial charge on any atom is -0.340 e. The summed E-state index contributed by atoms with van der Waals surface area (Å²) < 4.78 is 38.3. The molecule has 1 aromatic carbocycles. The first-order valence-electron chi connectivity index (χ1n) is 7.41. The predicted molar refractivity (Wildman–Crippen MR) is 81.7 cm³/mol. The molecule has 2 heterocycles. The van der Waals surface area contributed by atoms with Crippen LogP contribution in [0.5, 0.6) is 0 Å². The van der Waals surface area contributed by atoms with Gasteiger partial charge in [-0.05, 0) is 19.1 Å². The lowest BCUT2D eigenvalue weighted by Crippen LogP contribution is -2.54. The van der Waals surface area contributed by atoms with Gasteiger partial charge in [0.05, 0.1) is 10.9 Å². The number of anilines is 1. The van der Waals surface area contributed by atoms with Crippen molar-refractivity contribution in [1.29, 1.82) is 0 Å². The van der Waals surface area contributed by atoms with Crippen molar-refractivity contribution in [3.8, 4) is 0 Å². The lowest BCUT2D eigenvalue weighted by molar-refractivity contribution is -0.179. The molecule has 2 aromatic rings. The van der Waals surface area contributed by atoms with Crippen LogP contribution in [0.4, 0.5) is 19.1 Å². The van der Waals surface area contributed by atoms with Gasteiger partial charge in [0.25, 0.3) is 5.56 Å². The molecule has 3 rings (SSSR count). The number of piperazine rings is 1. The van der Waals surface area contributed by atoms with Crippen LogP contribution in [0.25, 0.3) is 10.9 Å². The van der Waals surface area contributed by atoms with Crippen LogP contribution in [-0.4, -0.2) is 53.3 Å². The first-order valence-corrected chi connectivity index (χ1v) is 7.41. The molecule has 5 nitrogen and oxygen atoms in total. The second kappa shape index (κ2) is 5.84. The van der Waals surface area contributed by atoms with Gasteiger partial charge in [0, 0.05) is 26.2 Å². The quantitative estimate of drug-likeness (QED) is 0.917. The topological polar surface area (TPSA) is 52.2 Å². The molecule has 0 radical (unpaired) electrons. The Kier molecular flexibility index (Phi) is 4.01. The third-order valence-electron chi connectivity index (χ3n) is 4.24. The Morgan fingerprint density at radius 3 is 2.48 bits per heavy atom. The molecule has 0 amide bonds. The number of H-pyrrole nitrogens is 1. The van der Waals surface area contributed by atoms with Crippen molar-refractivity contribution in [2.24, 2.45) is 0 Å². The first kappa shape index (κ1) is 15.8. The van der Waals surface area contributed by atoms with Gasteiger partial charge in [-0.25, -0.2) is 4.98 Å². The molecule has 1 saturated heterocycles. The van der Waals surface area contributed by atoms with Gasteiger partial charge in [-0.3, -0.25) is 14.7 Å². The van der Waals surface area contributed by atoms with Crippen LogP contribution < -0.4 is 10.5 Å². The second-order valence-corrected chi connectivity index (χ2v) is 5.65. The second-order valence-electron chi connectivity index (χ2n) is 5.65. The number of halogens is 3. The highest BCUT2D eigenvalue weighted by molar-refractivity contribution is 5.78. The Morgan fingerprint density at radius 1 is 1.17 bits per heavy atom. The van der Waals surface area contributed by atoms with Crippen LogP contribution in [-0.2, 0) is 0 Å². The number of para-hydroxylation sites is 1. The van der Waals surface area contributed by atoms with Gasteiger partial charge in [0.2, 0.25) is 5.95 Å². The summed E-state index contributed by atoms with van der Waals surface area (Å²) in [6.07, 6.45) is -4.22. The van der Waals surface area contributed by atoms with Crippen molar-refractivity contribution in [3.63, 3.8) is 0 Å². The van der Waals surface area contributed by atoms with Gasteiger partial charge in [-0.1, -0.05) is 12.1 Å². The molecular weight excluding hydrogens is 309 g/mol. The normalized spacial score (nSPS) is 18.3. The predicted octanol–water partition coefficient (Wildman–Crippen LogP) is 2.00. The molecule has 1 fully saturated rings. The van der Waals surface area contributed by atoms with Crippen molar-refractivity contribution in [2.75, 3.05) is 31.1 Å². The highest BCUT2D eigenvalue weighted by Crippen LogP contribution is 2.25. The zero-order valence-corrected chi connectivity index (χ0v) is 12.6. The van der Waals surface area contributed by atoms with Crippen LogP contribution >= 0.6 is 0 Å². The molecule has 1 atom stereocenters. The maximum absolute atomic E-state index is 12.8. The molecule has 0 bridgehead atoms. The number of benzene rings is 1. The standard InChI is InChI=1S/C15H17F3N4O/c1-10(15(16,17)18)21-6-8-22(9-7-21)14-19-12-5-3-2-4-11(12)13(23)20-14/h2-5,10H,6-9H2,1H3,(H,19,20,23). The molecule has 0 spiro atoms. The summed E-state index contributed by atoms with van der Waals surface area (Å²) in [5, 5.41) is 0.501. The smallest absolute Gasteiger partial charge is 0.340 e. The fourth-order valence-electron chi connectivity index (χ4n) is 2.75. The van der Waals surface area contributed by atoms with Gasteiger partial charge in [-0.2, -0.15) is 13.2 Å². The summed E-state index contributed by atoms with van der Waals surface area (Å²) in [6, 6.07) is 5.52. The number of rotatable bonds is 2. The summed E-state index contributed by atoms with van der Waals surface area (Å²) in [6.45, 7) is 2.50. The van der Waals surface area contributed by atoms with E-state index in [4.69, 9.17) is 0 Å². The number of aromatic amines is 1. The molecule has 124 valence electrons. The fourth-order valence-corrected chi connectivity index (χ4v) is 2.75. The minimum atomic E-state index is -4.22. The van der Waals surface area contributed by atoms with E-state index in [-0.39, 0.29) is 18.6 Å². The van der Waals surface area contributed by atoms with Crippen LogP contribution in [0, 0.1) is 0 Å². The summed E-state index contributed by atoms with van der Waals surface area (Å²) in [7, 11) is 0. The van der Waals surface area contributed by atoms with Gasteiger partial charge >= 0.3 is 6.18 Å². The number of alkyl halides is 3. The zero-order chi connectivity index (χ0) is 16.6.